The summed E-state index contributed by atoms with van der Waals surface area (Å²) in [5.41, 5.74) is 1.39. The van der Waals surface area contributed by atoms with Crippen molar-refractivity contribution in [2.24, 2.45) is 0 Å². The molecule has 0 unspecified atom stereocenters. The zero-order chi connectivity index (χ0) is 16.8. The highest BCUT2D eigenvalue weighted by atomic mass is 35.5. The van der Waals surface area contributed by atoms with Crippen molar-refractivity contribution in [3.05, 3.63) is 68.7 Å². The maximum Gasteiger partial charge on any atom is 0.269 e. The number of nitrogens with zero attached hydrogens (tertiary/aromatic N) is 2. The number of non-ortho nitro benzene ring substituents is 1. The van der Waals surface area contributed by atoms with Crippen LogP contribution in [0.2, 0.25) is 5.02 Å². The van der Waals surface area contributed by atoms with E-state index in [1.54, 1.807) is 30.9 Å². The van der Waals surface area contributed by atoms with Crippen molar-refractivity contribution in [3.8, 4) is 0 Å². The molecule has 0 radical (unpaired) electrons. The fourth-order valence-corrected chi connectivity index (χ4v) is 3.09. The summed E-state index contributed by atoms with van der Waals surface area (Å²) in [6.45, 7) is 3.90. The molecule has 23 heavy (non-hydrogen) atoms. The normalized spacial score (nSPS) is 15.6. The number of halogens is 1. The fraction of sp³-hybridized carbons (Fsp3) is 0.235. The van der Waals surface area contributed by atoms with Gasteiger partial charge in [-0.05, 0) is 37.1 Å². The molecule has 0 fully saturated rings. The monoisotopic (exact) mass is 330 g/mol. The third kappa shape index (κ3) is 2.47. The lowest BCUT2D eigenvalue weighted by Gasteiger charge is -2.21. The summed E-state index contributed by atoms with van der Waals surface area (Å²) in [4.78, 5) is 25.0. The molecule has 0 aromatic heterocycles. The smallest absolute Gasteiger partial charge is 0.269 e. The molecule has 2 aromatic rings. The third-order valence-corrected chi connectivity index (χ3v) is 4.59. The van der Waals surface area contributed by atoms with Gasteiger partial charge < -0.3 is 4.90 Å². The van der Waals surface area contributed by atoms with Crippen LogP contribution in [0.3, 0.4) is 0 Å². The number of nitro groups is 1. The Hall–Kier alpha value is -2.40. The van der Waals surface area contributed by atoms with Gasteiger partial charge in [-0.2, -0.15) is 0 Å². The molecule has 3 rings (SSSR count). The van der Waals surface area contributed by atoms with E-state index in [9.17, 15) is 14.9 Å². The van der Waals surface area contributed by atoms with Crippen LogP contribution in [-0.2, 0) is 16.8 Å². The van der Waals surface area contributed by atoms with Gasteiger partial charge >= 0.3 is 0 Å². The highest BCUT2D eigenvalue weighted by molar-refractivity contribution is 6.31. The topological polar surface area (TPSA) is 63.5 Å². The third-order valence-electron chi connectivity index (χ3n) is 4.22. The van der Waals surface area contributed by atoms with Crippen molar-refractivity contribution in [2.75, 3.05) is 4.90 Å². The molecule has 0 N–H and O–H groups in total. The highest BCUT2D eigenvalue weighted by Gasteiger charge is 2.44. The second kappa shape index (κ2) is 5.35. The summed E-state index contributed by atoms with van der Waals surface area (Å²) < 4.78 is 0. The molecule has 1 aliphatic heterocycles. The molecule has 0 saturated heterocycles. The van der Waals surface area contributed by atoms with Gasteiger partial charge in [-0.3, -0.25) is 14.9 Å². The molecular weight excluding hydrogens is 316 g/mol. The maximum absolute atomic E-state index is 12.8. The van der Waals surface area contributed by atoms with Crippen LogP contribution < -0.4 is 4.90 Å². The molecule has 0 bridgehead atoms. The predicted octanol–water partition coefficient (Wildman–Crippen LogP) is 4.07. The first kappa shape index (κ1) is 15.5. The molecule has 5 nitrogen and oxygen atoms in total. The summed E-state index contributed by atoms with van der Waals surface area (Å²) in [5.74, 6) is -0.0899. The Balaban J connectivity index is 2.06. The van der Waals surface area contributed by atoms with E-state index in [-0.39, 0.29) is 11.6 Å². The van der Waals surface area contributed by atoms with Crippen molar-refractivity contribution in [1.29, 1.82) is 0 Å². The number of rotatable bonds is 3. The summed E-state index contributed by atoms with van der Waals surface area (Å²) in [6.07, 6.45) is 0. The predicted molar refractivity (Wildman–Crippen MR) is 88.8 cm³/mol. The largest absolute Gasteiger partial charge is 0.307 e. The fourth-order valence-electron chi connectivity index (χ4n) is 2.89. The zero-order valence-corrected chi connectivity index (χ0v) is 13.5. The van der Waals surface area contributed by atoms with Gasteiger partial charge in [0, 0.05) is 22.8 Å². The Morgan fingerprint density at radius 2 is 1.91 bits per heavy atom. The molecule has 118 valence electrons. The molecule has 6 heteroatoms. The summed E-state index contributed by atoms with van der Waals surface area (Å²) in [6, 6.07) is 11.9. The standard InChI is InChI=1S/C17H15ClN2O3/c1-17(2)13-9-12(20(22)23)7-8-15(13)19(16(17)21)10-11-5-3-4-6-14(11)18/h3-9H,10H2,1-2H3. The van der Waals surface area contributed by atoms with Gasteiger partial charge in [-0.15, -0.1) is 0 Å². The summed E-state index contributed by atoms with van der Waals surface area (Å²) in [5, 5.41) is 11.6. The lowest BCUT2D eigenvalue weighted by atomic mass is 9.86. The van der Waals surface area contributed by atoms with E-state index in [2.05, 4.69) is 0 Å². The number of hydrogen-bond acceptors (Lipinski definition) is 3. The van der Waals surface area contributed by atoms with Gasteiger partial charge in [0.25, 0.3) is 5.69 Å². The molecule has 1 heterocycles. The molecule has 2 aromatic carbocycles. The average Bonchev–Trinajstić information content (AvgIpc) is 2.70. The first-order chi connectivity index (χ1) is 10.8. The molecule has 0 spiro atoms. The number of carbonyl (C=O) groups excluding carboxylic acids is 1. The minimum Gasteiger partial charge on any atom is -0.307 e. The molecular formula is C17H15ClN2O3. The van der Waals surface area contributed by atoms with Crippen molar-refractivity contribution in [3.63, 3.8) is 0 Å². The van der Waals surface area contributed by atoms with Crippen molar-refractivity contribution >= 4 is 28.9 Å². The Kier molecular flexibility index (Phi) is 3.60. The Morgan fingerprint density at radius 1 is 1.22 bits per heavy atom. The quantitative estimate of drug-likeness (QED) is 0.629. The number of hydrogen-bond donors (Lipinski definition) is 0. The first-order valence-corrected chi connectivity index (χ1v) is 7.54. The summed E-state index contributed by atoms with van der Waals surface area (Å²) in [7, 11) is 0. The van der Waals surface area contributed by atoms with Gasteiger partial charge in [-0.1, -0.05) is 29.8 Å². The SMILES string of the molecule is CC1(C)C(=O)N(Cc2ccccc2Cl)c2ccc([N+](=O)[O-])cc21. The van der Waals surface area contributed by atoms with Crippen LogP contribution >= 0.6 is 11.6 Å². The van der Waals surface area contributed by atoms with Gasteiger partial charge in [0.2, 0.25) is 5.91 Å². The van der Waals surface area contributed by atoms with Gasteiger partial charge in [-0.25, -0.2) is 0 Å². The van der Waals surface area contributed by atoms with E-state index in [1.807, 2.05) is 18.2 Å². The van der Waals surface area contributed by atoms with Crippen LogP contribution in [0.5, 0.6) is 0 Å². The summed E-state index contributed by atoms with van der Waals surface area (Å²) >= 11 is 6.19. The zero-order valence-electron chi connectivity index (χ0n) is 12.7. The van der Waals surface area contributed by atoms with Crippen molar-refractivity contribution < 1.29 is 9.72 Å². The average molecular weight is 331 g/mol. The number of amides is 1. The van der Waals surface area contributed by atoms with E-state index >= 15 is 0 Å². The number of benzene rings is 2. The van der Waals surface area contributed by atoms with E-state index in [1.165, 1.54) is 12.1 Å². The van der Waals surface area contributed by atoms with Crippen LogP contribution in [0.15, 0.2) is 42.5 Å². The van der Waals surface area contributed by atoms with Crippen LogP contribution in [-0.4, -0.2) is 10.8 Å². The van der Waals surface area contributed by atoms with E-state index < -0.39 is 10.3 Å². The minimum atomic E-state index is -0.803. The van der Waals surface area contributed by atoms with Crippen LogP contribution in [0, 0.1) is 10.1 Å². The lowest BCUT2D eigenvalue weighted by molar-refractivity contribution is -0.384. The van der Waals surface area contributed by atoms with Crippen molar-refractivity contribution in [2.45, 2.75) is 25.8 Å². The number of carbonyl (C=O) groups is 1. The first-order valence-electron chi connectivity index (χ1n) is 7.16. The molecule has 0 atom stereocenters. The van der Waals surface area contributed by atoms with Crippen LogP contribution in [0.25, 0.3) is 0 Å². The Bertz CT molecular complexity index is 817. The van der Waals surface area contributed by atoms with E-state index in [4.69, 9.17) is 11.6 Å². The lowest BCUT2D eigenvalue weighted by Crippen LogP contribution is -2.35. The molecule has 1 amide bonds. The second-order valence-electron chi connectivity index (χ2n) is 6.07. The number of anilines is 1. The molecule has 0 saturated carbocycles. The van der Waals surface area contributed by atoms with Crippen molar-refractivity contribution in [1.82, 2.24) is 0 Å². The Labute approximate surface area is 138 Å². The van der Waals surface area contributed by atoms with E-state index in [0.29, 0.717) is 22.8 Å². The van der Waals surface area contributed by atoms with E-state index in [0.717, 1.165) is 5.56 Å². The highest BCUT2D eigenvalue weighted by Crippen LogP contribution is 2.44. The van der Waals surface area contributed by atoms with Gasteiger partial charge in [0.05, 0.1) is 16.9 Å². The minimum absolute atomic E-state index is 0.00998. The van der Waals surface area contributed by atoms with Gasteiger partial charge in [0.1, 0.15) is 0 Å². The number of fused-ring (bicyclic) bond motifs is 1. The number of nitro benzene ring substituents is 1. The second-order valence-corrected chi connectivity index (χ2v) is 6.47. The van der Waals surface area contributed by atoms with Crippen LogP contribution in [0.1, 0.15) is 25.0 Å². The maximum atomic E-state index is 12.8. The van der Waals surface area contributed by atoms with Gasteiger partial charge in [0.15, 0.2) is 0 Å². The van der Waals surface area contributed by atoms with Crippen LogP contribution in [0.4, 0.5) is 11.4 Å². The molecule has 0 aliphatic carbocycles. The Morgan fingerprint density at radius 3 is 2.57 bits per heavy atom. The molecule has 1 aliphatic rings.